The van der Waals surface area contributed by atoms with Gasteiger partial charge in [-0.15, -0.1) is 0 Å². The maximum absolute atomic E-state index is 13.6. The second-order valence-corrected chi connectivity index (χ2v) is 6.12. The SMILES string of the molecule is CC(C)(C)OC(=O)N[C@H](CCc1c(F)c(F)c(F)c(F)c1F)C(=O)O. The van der Waals surface area contributed by atoms with Crippen LogP contribution in [0.2, 0.25) is 0 Å². The number of hydrogen-bond acceptors (Lipinski definition) is 3. The Labute approximate surface area is 139 Å². The van der Waals surface area contributed by atoms with Crippen molar-refractivity contribution in [3.63, 3.8) is 0 Å². The largest absolute Gasteiger partial charge is 0.480 e. The molecular weight excluding hydrogens is 353 g/mol. The molecule has 0 aromatic heterocycles. The molecule has 2 N–H and O–H groups in total. The molecule has 0 bridgehead atoms. The van der Waals surface area contributed by atoms with E-state index in [1.54, 1.807) is 0 Å². The number of carbonyl (C=O) groups is 2. The van der Waals surface area contributed by atoms with Gasteiger partial charge in [0.1, 0.15) is 11.6 Å². The van der Waals surface area contributed by atoms with Crippen molar-refractivity contribution < 1.29 is 41.4 Å². The summed E-state index contributed by atoms with van der Waals surface area (Å²) >= 11 is 0. The highest BCUT2D eigenvalue weighted by Gasteiger charge is 2.28. The van der Waals surface area contributed by atoms with Crippen LogP contribution in [-0.4, -0.2) is 28.8 Å². The van der Waals surface area contributed by atoms with Gasteiger partial charge in [0.2, 0.25) is 5.82 Å². The number of benzene rings is 1. The number of carboxylic acid groups (broad SMARTS) is 1. The zero-order valence-corrected chi connectivity index (χ0v) is 13.6. The molecule has 1 rings (SSSR count). The van der Waals surface area contributed by atoms with Crippen LogP contribution < -0.4 is 5.32 Å². The van der Waals surface area contributed by atoms with E-state index in [-0.39, 0.29) is 0 Å². The minimum absolute atomic E-state index is 0.618. The van der Waals surface area contributed by atoms with E-state index in [0.717, 1.165) is 0 Å². The highest BCUT2D eigenvalue weighted by molar-refractivity contribution is 5.80. The lowest BCUT2D eigenvalue weighted by molar-refractivity contribution is -0.139. The number of amides is 1. The molecule has 0 fully saturated rings. The van der Waals surface area contributed by atoms with Crippen molar-refractivity contribution in [2.24, 2.45) is 0 Å². The van der Waals surface area contributed by atoms with E-state index >= 15 is 0 Å². The molecule has 10 heteroatoms. The fourth-order valence-corrected chi connectivity index (χ4v) is 1.87. The van der Waals surface area contributed by atoms with E-state index in [1.165, 1.54) is 20.8 Å². The van der Waals surface area contributed by atoms with E-state index in [4.69, 9.17) is 9.84 Å². The van der Waals surface area contributed by atoms with E-state index in [9.17, 15) is 31.5 Å². The van der Waals surface area contributed by atoms with Gasteiger partial charge in [0.15, 0.2) is 23.3 Å². The predicted octanol–water partition coefficient (Wildman–Crippen LogP) is 3.29. The van der Waals surface area contributed by atoms with Crippen LogP contribution in [0.3, 0.4) is 0 Å². The lowest BCUT2D eigenvalue weighted by atomic mass is 10.0. The Morgan fingerprint density at radius 1 is 1.00 bits per heavy atom. The molecule has 0 saturated heterocycles. The van der Waals surface area contributed by atoms with Gasteiger partial charge in [0, 0.05) is 5.56 Å². The van der Waals surface area contributed by atoms with Gasteiger partial charge in [0.25, 0.3) is 0 Å². The zero-order valence-electron chi connectivity index (χ0n) is 13.6. The first-order valence-corrected chi connectivity index (χ1v) is 7.07. The molecule has 1 amide bonds. The van der Waals surface area contributed by atoms with Gasteiger partial charge in [-0.2, -0.15) is 0 Å². The van der Waals surface area contributed by atoms with Crippen molar-refractivity contribution in [2.45, 2.75) is 45.3 Å². The van der Waals surface area contributed by atoms with Crippen molar-refractivity contribution in [2.75, 3.05) is 0 Å². The fourth-order valence-electron chi connectivity index (χ4n) is 1.87. The number of alkyl carbamates (subject to hydrolysis) is 1. The number of rotatable bonds is 5. The molecule has 0 spiro atoms. The quantitative estimate of drug-likeness (QED) is 0.474. The molecule has 0 radical (unpaired) electrons. The molecule has 1 atom stereocenters. The summed E-state index contributed by atoms with van der Waals surface area (Å²) in [5.74, 6) is -12.2. The number of aliphatic carboxylic acids is 1. The van der Waals surface area contributed by atoms with Crippen molar-refractivity contribution in [3.8, 4) is 0 Å². The first-order valence-electron chi connectivity index (χ1n) is 7.07. The minimum atomic E-state index is -2.31. The molecule has 0 unspecified atom stereocenters. The molecule has 0 heterocycles. The van der Waals surface area contributed by atoms with Gasteiger partial charge in [0.05, 0.1) is 0 Å². The van der Waals surface area contributed by atoms with Crippen LogP contribution in [0, 0.1) is 29.1 Å². The summed E-state index contributed by atoms with van der Waals surface area (Å²) in [5.41, 5.74) is -2.08. The van der Waals surface area contributed by atoms with Gasteiger partial charge in [-0.3, -0.25) is 0 Å². The molecule has 0 aliphatic carbocycles. The Kier molecular flexibility index (Phi) is 6.33. The molecule has 5 nitrogen and oxygen atoms in total. The van der Waals surface area contributed by atoms with Crippen LogP contribution in [0.15, 0.2) is 0 Å². The van der Waals surface area contributed by atoms with Gasteiger partial charge in [-0.25, -0.2) is 31.5 Å². The monoisotopic (exact) mass is 369 g/mol. The summed E-state index contributed by atoms with van der Waals surface area (Å²) in [6, 6.07) is -1.65. The van der Waals surface area contributed by atoms with Crippen LogP contribution in [0.1, 0.15) is 32.8 Å². The highest BCUT2D eigenvalue weighted by Crippen LogP contribution is 2.24. The third kappa shape index (κ3) is 5.30. The molecule has 25 heavy (non-hydrogen) atoms. The standard InChI is InChI=1S/C15H16F5NO4/c1-15(2,3)25-14(24)21-7(13(22)23)5-4-6-8(16)10(18)12(20)11(19)9(6)17/h7H,4-5H2,1-3H3,(H,21,24)(H,22,23)/t7-/m1/s1. The normalized spacial score (nSPS) is 12.6. The van der Waals surface area contributed by atoms with E-state index in [2.05, 4.69) is 0 Å². The second kappa shape index (κ2) is 7.66. The van der Waals surface area contributed by atoms with Crippen LogP contribution in [0.4, 0.5) is 26.7 Å². The average molecular weight is 369 g/mol. The Balaban J connectivity index is 2.93. The first-order chi connectivity index (χ1) is 11.3. The maximum Gasteiger partial charge on any atom is 0.408 e. The molecule has 0 aliphatic heterocycles. The van der Waals surface area contributed by atoms with E-state index in [1.807, 2.05) is 5.32 Å². The molecule has 0 aliphatic rings. The number of carbonyl (C=O) groups excluding carboxylic acids is 1. The lowest BCUT2D eigenvalue weighted by Gasteiger charge is -2.22. The molecule has 1 aromatic rings. The zero-order chi connectivity index (χ0) is 19.5. The third-order valence-electron chi connectivity index (χ3n) is 2.97. The maximum atomic E-state index is 13.6. The van der Waals surface area contributed by atoms with Gasteiger partial charge in [-0.1, -0.05) is 0 Å². The summed E-state index contributed by atoms with van der Waals surface area (Å²) in [4.78, 5) is 22.7. The lowest BCUT2D eigenvalue weighted by Crippen LogP contribution is -2.43. The average Bonchev–Trinajstić information content (AvgIpc) is 2.47. The summed E-state index contributed by atoms with van der Waals surface area (Å²) in [6.07, 6.45) is -2.52. The fraction of sp³-hybridized carbons (Fsp3) is 0.467. The Morgan fingerprint density at radius 2 is 1.44 bits per heavy atom. The Bertz CT molecular complexity index is 658. The third-order valence-corrected chi connectivity index (χ3v) is 2.97. The highest BCUT2D eigenvalue weighted by atomic mass is 19.2. The van der Waals surface area contributed by atoms with E-state index in [0.29, 0.717) is 0 Å². The van der Waals surface area contributed by atoms with Crippen LogP contribution >= 0.6 is 0 Å². The molecule has 0 saturated carbocycles. The summed E-state index contributed by atoms with van der Waals surface area (Å²) in [7, 11) is 0. The summed E-state index contributed by atoms with van der Waals surface area (Å²) in [5, 5.41) is 11.0. The smallest absolute Gasteiger partial charge is 0.408 e. The van der Waals surface area contributed by atoms with Crippen molar-refractivity contribution in [1.29, 1.82) is 0 Å². The minimum Gasteiger partial charge on any atom is -0.480 e. The predicted molar refractivity (Wildman–Crippen MR) is 75.3 cm³/mol. The van der Waals surface area contributed by atoms with Crippen LogP contribution in [0.25, 0.3) is 0 Å². The number of hydrogen-bond donors (Lipinski definition) is 2. The summed E-state index contributed by atoms with van der Waals surface area (Å²) in [6.45, 7) is 4.57. The molecule has 1 aromatic carbocycles. The van der Waals surface area contributed by atoms with Crippen LogP contribution in [-0.2, 0) is 16.0 Å². The van der Waals surface area contributed by atoms with Gasteiger partial charge in [-0.05, 0) is 33.6 Å². The topological polar surface area (TPSA) is 75.6 Å². The number of carboxylic acids is 1. The van der Waals surface area contributed by atoms with Crippen molar-refractivity contribution in [3.05, 3.63) is 34.6 Å². The van der Waals surface area contributed by atoms with Crippen molar-refractivity contribution >= 4 is 12.1 Å². The molecule has 140 valence electrons. The number of nitrogens with one attached hydrogen (secondary N) is 1. The Morgan fingerprint density at radius 3 is 1.84 bits per heavy atom. The first kappa shape index (κ1) is 20.7. The van der Waals surface area contributed by atoms with Crippen LogP contribution in [0.5, 0.6) is 0 Å². The Hall–Kier alpha value is -2.39. The van der Waals surface area contributed by atoms with Gasteiger partial charge < -0.3 is 15.2 Å². The van der Waals surface area contributed by atoms with Crippen molar-refractivity contribution in [1.82, 2.24) is 5.32 Å². The number of ether oxygens (including phenoxy) is 1. The molecular formula is C15H16F5NO4. The number of halogens is 5. The van der Waals surface area contributed by atoms with E-state index < -0.39 is 71.2 Å². The summed E-state index contributed by atoms with van der Waals surface area (Å²) < 4.78 is 71.1. The van der Waals surface area contributed by atoms with Gasteiger partial charge >= 0.3 is 12.1 Å². The second-order valence-electron chi connectivity index (χ2n) is 6.12.